The maximum absolute atomic E-state index is 12.2. The summed E-state index contributed by atoms with van der Waals surface area (Å²) in [7, 11) is -1.86. The molecule has 114 valence electrons. The third kappa shape index (κ3) is 4.30. The number of anilines is 1. The Morgan fingerprint density at radius 2 is 1.86 bits per heavy atom. The van der Waals surface area contributed by atoms with Gasteiger partial charge in [-0.25, -0.2) is 8.42 Å². The Bertz CT molecular complexity index is 690. The van der Waals surface area contributed by atoms with Gasteiger partial charge in [-0.05, 0) is 17.7 Å². The number of sulfonamides is 1. The van der Waals surface area contributed by atoms with Crippen LogP contribution in [-0.4, -0.2) is 24.2 Å². The lowest BCUT2D eigenvalue weighted by atomic mass is 10.2. The van der Waals surface area contributed by atoms with E-state index in [1.54, 1.807) is 36.1 Å². The van der Waals surface area contributed by atoms with Crippen LogP contribution in [0.25, 0.3) is 0 Å². The zero-order valence-electron chi connectivity index (χ0n) is 12.4. The normalized spacial score (nSPS) is 11.8. The van der Waals surface area contributed by atoms with Gasteiger partial charge in [0.1, 0.15) is 0 Å². The zero-order valence-corrected chi connectivity index (χ0v) is 13.2. The molecule has 7 heteroatoms. The standard InChI is InChI=1S/C14H20N4O2S/c1-11(2)15-10-12-4-6-13(7-5-12)21(19,20)17-14-8-9-18(3)16-14/h4-9,11,15H,10H2,1-3H3,(H,16,17). The second-order valence-electron chi connectivity index (χ2n) is 5.16. The molecule has 21 heavy (non-hydrogen) atoms. The first-order chi connectivity index (χ1) is 9.87. The van der Waals surface area contributed by atoms with Crippen LogP contribution in [0.2, 0.25) is 0 Å². The smallest absolute Gasteiger partial charge is 0.263 e. The molecule has 0 amide bonds. The third-order valence-electron chi connectivity index (χ3n) is 2.90. The number of aryl methyl sites for hydroxylation is 1. The number of hydrogen-bond donors (Lipinski definition) is 2. The Hall–Kier alpha value is -1.86. The van der Waals surface area contributed by atoms with E-state index in [4.69, 9.17) is 0 Å². The summed E-state index contributed by atoms with van der Waals surface area (Å²) in [5.74, 6) is 0.308. The second-order valence-corrected chi connectivity index (χ2v) is 6.84. The molecule has 0 spiro atoms. The van der Waals surface area contributed by atoms with E-state index in [2.05, 4.69) is 29.0 Å². The fraction of sp³-hybridized carbons (Fsp3) is 0.357. The predicted octanol–water partition coefficient (Wildman–Crippen LogP) is 1.72. The van der Waals surface area contributed by atoms with Gasteiger partial charge in [0.2, 0.25) is 0 Å². The fourth-order valence-corrected chi connectivity index (χ4v) is 2.77. The molecule has 0 bridgehead atoms. The highest BCUT2D eigenvalue weighted by atomic mass is 32.2. The van der Waals surface area contributed by atoms with Crippen molar-refractivity contribution in [3.8, 4) is 0 Å². The van der Waals surface area contributed by atoms with Crippen molar-refractivity contribution in [2.24, 2.45) is 7.05 Å². The number of benzene rings is 1. The molecule has 0 atom stereocenters. The largest absolute Gasteiger partial charge is 0.310 e. The Labute approximate surface area is 125 Å². The second kappa shape index (κ2) is 6.28. The molecule has 1 aromatic heterocycles. The molecular formula is C14H20N4O2S. The number of nitrogens with zero attached hydrogens (tertiary/aromatic N) is 2. The van der Waals surface area contributed by atoms with Crippen molar-refractivity contribution in [2.45, 2.75) is 31.3 Å². The van der Waals surface area contributed by atoms with Gasteiger partial charge in [-0.2, -0.15) is 5.10 Å². The van der Waals surface area contributed by atoms with Gasteiger partial charge in [-0.15, -0.1) is 0 Å². The SMILES string of the molecule is CC(C)NCc1ccc(S(=O)(=O)Nc2ccn(C)n2)cc1. The van der Waals surface area contributed by atoms with E-state index in [-0.39, 0.29) is 4.90 Å². The van der Waals surface area contributed by atoms with Crippen LogP contribution < -0.4 is 10.0 Å². The molecule has 0 aliphatic heterocycles. The van der Waals surface area contributed by atoms with Gasteiger partial charge in [0.15, 0.2) is 5.82 Å². The van der Waals surface area contributed by atoms with Crippen LogP contribution in [0.1, 0.15) is 19.4 Å². The third-order valence-corrected chi connectivity index (χ3v) is 4.27. The van der Waals surface area contributed by atoms with E-state index in [1.807, 2.05) is 12.1 Å². The van der Waals surface area contributed by atoms with E-state index in [1.165, 1.54) is 0 Å². The van der Waals surface area contributed by atoms with Crippen molar-refractivity contribution in [2.75, 3.05) is 4.72 Å². The van der Waals surface area contributed by atoms with E-state index in [0.29, 0.717) is 18.4 Å². The average Bonchev–Trinajstić information content (AvgIpc) is 2.81. The maximum atomic E-state index is 12.2. The van der Waals surface area contributed by atoms with Crippen molar-refractivity contribution >= 4 is 15.8 Å². The fourth-order valence-electron chi connectivity index (χ4n) is 1.77. The highest BCUT2D eigenvalue weighted by Gasteiger charge is 2.15. The van der Waals surface area contributed by atoms with Crippen molar-refractivity contribution in [1.82, 2.24) is 15.1 Å². The summed E-state index contributed by atoms with van der Waals surface area (Å²) in [6, 6.07) is 8.81. The van der Waals surface area contributed by atoms with E-state index in [0.717, 1.165) is 5.56 Å². The quantitative estimate of drug-likeness (QED) is 0.852. The summed E-state index contributed by atoms with van der Waals surface area (Å²) in [5.41, 5.74) is 1.04. The topological polar surface area (TPSA) is 76.0 Å². The predicted molar refractivity (Wildman–Crippen MR) is 82.4 cm³/mol. The number of hydrogen-bond acceptors (Lipinski definition) is 4. The van der Waals surface area contributed by atoms with Gasteiger partial charge in [-0.1, -0.05) is 26.0 Å². The Balaban J connectivity index is 2.09. The Morgan fingerprint density at radius 3 is 2.38 bits per heavy atom. The minimum Gasteiger partial charge on any atom is -0.310 e. The minimum absolute atomic E-state index is 0.224. The van der Waals surface area contributed by atoms with Gasteiger partial charge in [0.25, 0.3) is 10.0 Å². The van der Waals surface area contributed by atoms with Crippen LogP contribution in [0.15, 0.2) is 41.4 Å². The summed E-state index contributed by atoms with van der Waals surface area (Å²) in [6.07, 6.45) is 1.68. The average molecular weight is 308 g/mol. The molecule has 2 aromatic rings. The van der Waals surface area contributed by atoms with Gasteiger partial charge in [-0.3, -0.25) is 9.40 Å². The molecule has 2 rings (SSSR count). The maximum Gasteiger partial charge on any atom is 0.263 e. The first-order valence-corrected chi connectivity index (χ1v) is 8.20. The lowest BCUT2D eigenvalue weighted by Crippen LogP contribution is -2.21. The highest BCUT2D eigenvalue weighted by Crippen LogP contribution is 2.15. The molecule has 0 unspecified atom stereocenters. The minimum atomic E-state index is -3.59. The molecule has 0 aliphatic carbocycles. The molecule has 1 aromatic carbocycles. The highest BCUT2D eigenvalue weighted by molar-refractivity contribution is 7.92. The molecule has 0 radical (unpaired) electrons. The molecule has 2 N–H and O–H groups in total. The number of rotatable bonds is 6. The van der Waals surface area contributed by atoms with E-state index >= 15 is 0 Å². The van der Waals surface area contributed by atoms with Crippen molar-refractivity contribution in [3.05, 3.63) is 42.1 Å². The van der Waals surface area contributed by atoms with E-state index < -0.39 is 10.0 Å². The monoisotopic (exact) mass is 308 g/mol. The summed E-state index contributed by atoms with van der Waals surface area (Å²) >= 11 is 0. The van der Waals surface area contributed by atoms with Gasteiger partial charge >= 0.3 is 0 Å². The summed E-state index contributed by atoms with van der Waals surface area (Å²) in [4.78, 5) is 0.224. The molecule has 1 heterocycles. The summed E-state index contributed by atoms with van der Waals surface area (Å²) in [5, 5.41) is 7.29. The van der Waals surface area contributed by atoms with Crippen LogP contribution in [-0.2, 0) is 23.6 Å². The van der Waals surface area contributed by atoms with E-state index in [9.17, 15) is 8.42 Å². The zero-order chi connectivity index (χ0) is 15.5. The van der Waals surface area contributed by atoms with Gasteiger partial charge in [0.05, 0.1) is 4.90 Å². The van der Waals surface area contributed by atoms with Crippen LogP contribution in [0.4, 0.5) is 5.82 Å². The Morgan fingerprint density at radius 1 is 1.19 bits per heavy atom. The molecule has 6 nitrogen and oxygen atoms in total. The number of nitrogens with one attached hydrogen (secondary N) is 2. The lowest BCUT2D eigenvalue weighted by Gasteiger charge is -2.09. The van der Waals surface area contributed by atoms with Crippen LogP contribution >= 0.6 is 0 Å². The summed E-state index contributed by atoms with van der Waals surface area (Å²) < 4.78 is 28.4. The van der Waals surface area contributed by atoms with Crippen molar-refractivity contribution in [3.63, 3.8) is 0 Å². The van der Waals surface area contributed by atoms with Crippen LogP contribution in [0, 0.1) is 0 Å². The molecule has 0 fully saturated rings. The first-order valence-electron chi connectivity index (χ1n) is 6.71. The van der Waals surface area contributed by atoms with Gasteiger partial charge < -0.3 is 5.32 Å². The first kappa shape index (κ1) is 15.5. The van der Waals surface area contributed by atoms with Crippen molar-refractivity contribution in [1.29, 1.82) is 0 Å². The molecular weight excluding hydrogens is 288 g/mol. The van der Waals surface area contributed by atoms with Gasteiger partial charge in [0, 0.05) is 31.9 Å². The summed E-state index contributed by atoms with van der Waals surface area (Å²) in [6.45, 7) is 4.84. The molecule has 0 aliphatic rings. The van der Waals surface area contributed by atoms with Crippen LogP contribution in [0.3, 0.4) is 0 Å². The lowest BCUT2D eigenvalue weighted by molar-refractivity contribution is 0.588. The molecule has 0 saturated heterocycles. The molecule has 0 saturated carbocycles. The van der Waals surface area contributed by atoms with Crippen LogP contribution in [0.5, 0.6) is 0 Å². The number of aromatic nitrogens is 2. The Kier molecular flexibility index (Phi) is 4.64. The van der Waals surface area contributed by atoms with Crippen molar-refractivity contribution < 1.29 is 8.42 Å².